The van der Waals surface area contributed by atoms with Crippen molar-refractivity contribution in [3.63, 3.8) is 0 Å². The van der Waals surface area contributed by atoms with E-state index < -0.39 is 56.7 Å². The molecule has 0 radical (unpaired) electrons. The smallest absolute Gasteiger partial charge is 0.462 e. The summed E-state index contributed by atoms with van der Waals surface area (Å²) in [7, 11) is -2.67. The second kappa shape index (κ2) is 11.2. The number of nitrogens with one attached hydrogen (secondary N) is 1. The molecule has 1 saturated heterocycles. The van der Waals surface area contributed by atoms with Gasteiger partial charge in [0.2, 0.25) is 5.60 Å². The number of rotatable bonds is 10. The molecule has 0 bridgehead atoms. The number of esters is 2. The van der Waals surface area contributed by atoms with Gasteiger partial charge in [0.25, 0.3) is 0 Å². The molecule has 3 heterocycles. The lowest BCUT2D eigenvalue weighted by Crippen LogP contribution is -2.46. The zero-order valence-electron chi connectivity index (χ0n) is 20.2. The molecular weight excluding hydrogens is 495 g/mol. The number of hydrogen-bond acceptors (Lipinski definition) is 12. The highest BCUT2D eigenvalue weighted by Crippen LogP contribution is 2.43. The molecule has 0 aliphatic carbocycles. The highest BCUT2D eigenvalue weighted by Gasteiger charge is 2.59. The SMILES string of the molecule is CCC(=O)O[C@H]1[C@H](c2ccc3c(N)ncnn23)O[C@](C#N)(CO[P+](=O)N[C@@H](C)C(=O)OC(C)C)[C@H]1O. The molecule has 194 valence electrons. The Balaban J connectivity index is 1.84. The van der Waals surface area contributed by atoms with Gasteiger partial charge in [-0.25, -0.2) is 9.50 Å². The lowest BCUT2D eigenvalue weighted by molar-refractivity contribution is -0.155. The second-order valence-corrected chi connectivity index (χ2v) is 9.39. The minimum Gasteiger partial charge on any atom is -0.462 e. The van der Waals surface area contributed by atoms with E-state index >= 15 is 0 Å². The minimum absolute atomic E-state index is 0.0101. The van der Waals surface area contributed by atoms with Gasteiger partial charge >= 0.3 is 20.1 Å². The van der Waals surface area contributed by atoms with E-state index in [4.69, 9.17) is 24.5 Å². The zero-order valence-corrected chi connectivity index (χ0v) is 21.0. The average Bonchev–Trinajstić information content (AvgIpc) is 3.38. The summed E-state index contributed by atoms with van der Waals surface area (Å²) in [6.07, 6.45) is -3.29. The first-order valence-corrected chi connectivity index (χ1v) is 12.3. The van der Waals surface area contributed by atoms with Crippen molar-refractivity contribution < 1.29 is 38.0 Å². The van der Waals surface area contributed by atoms with Gasteiger partial charge in [-0.3, -0.25) is 9.59 Å². The third-order valence-electron chi connectivity index (χ3n) is 5.37. The number of aliphatic hydroxyl groups is 1. The number of nitrogen functional groups attached to an aromatic ring is 1. The van der Waals surface area contributed by atoms with Crippen LogP contribution in [0.4, 0.5) is 5.82 Å². The maximum Gasteiger partial charge on any atom is 0.613 e. The Hall–Kier alpha value is -3.21. The van der Waals surface area contributed by atoms with Crippen LogP contribution in [-0.4, -0.2) is 68.2 Å². The van der Waals surface area contributed by atoms with Gasteiger partial charge in [0, 0.05) is 6.42 Å². The molecule has 36 heavy (non-hydrogen) atoms. The molecular formula is C21H28N6O8P+. The molecule has 2 aromatic heterocycles. The fourth-order valence-electron chi connectivity index (χ4n) is 3.55. The Morgan fingerprint density at radius 3 is 2.78 bits per heavy atom. The normalized spacial score (nSPS) is 24.9. The third kappa shape index (κ3) is 5.61. The number of nitrogens with zero attached hydrogens (tertiary/aromatic N) is 4. The fourth-order valence-corrected chi connectivity index (χ4v) is 4.36. The molecule has 1 aliphatic rings. The first kappa shape index (κ1) is 27.4. The van der Waals surface area contributed by atoms with Gasteiger partial charge in [-0.05, 0) is 37.5 Å². The summed E-state index contributed by atoms with van der Waals surface area (Å²) in [4.78, 5) is 28.0. The lowest BCUT2D eigenvalue weighted by Gasteiger charge is -2.22. The van der Waals surface area contributed by atoms with Gasteiger partial charge in [-0.1, -0.05) is 12.0 Å². The molecule has 0 amide bonds. The molecule has 1 fully saturated rings. The standard InChI is InChI=1S/C21H28N6O8P/c1-5-15(28)34-17-16(13-6-7-14-19(23)24-10-25-27(13)14)35-21(8-22,18(17)29)9-32-36(31)26-12(4)20(30)33-11(2)3/h6-7,10-12,16-18,29H,5,9H2,1-4H3,(H,26,31)(H2,23,24,25)/q+1/t12-,16-,17-,18-,21+/m0/s1. The summed E-state index contributed by atoms with van der Waals surface area (Å²) in [5, 5.41) is 27.6. The Morgan fingerprint density at radius 1 is 1.42 bits per heavy atom. The van der Waals surface area contributed by atoms with Crippen LogP contribution in [0.15, 0.2) is 18.5 Å². The van der Waals surface area contributed by atoms with Crippen LogP contribution in [0.2, 0.25) is 0 Å². The van der Waals surface area contributed by atoms with E-state index in [2.05, 4.69) is 15.2 Å². The van der Waals surface area contributed by atoms with Crippen LogP contribution in [0, 0.1) is 11.3 Å². The van der Waals surface area contributed by atoms with Crippen LogP contribution >= 0.6 is 8.18 Å². The number of anilines is 1. The van der Waals surface area contributed by atoms with Crippen molar-refractivity contribution in [1.82, 2.24) is 19.7 Å². The Morgan fingerprint density at radius 2 is 2.14 bits per heavy atom. The maximum absolute atomic E-state index is 12.4. The first-order chi connectivity index (χ1) is 17.0. The van der Waals surface area contributed by atoms with Crippen LogP contribution in [-0.2, 0) is 32.9 Å². The number of ether oxygens (including phenoxy) is 3. The Kier molecular flexibility index (Phi) is 8.55. The lowest BCUT2D eigenvalue weighted by atomic mass is 9.96. The highest BCUT2D eigenvalue weighted by molar-refractivity contribution is 7.36. The summed E-state index contributed by atoms with van der Waals surface area (Å²) in [5.74, 6) is -1.10. The second-order valence-electron chi connectivity index (χ2n) is 8.36. The molecule has 1 unspecified atom stereocenters. The highest BCUT2D eigenvalue weighted by atomic mass is 31.1. The van der Waals surface area contributed by atoms with Gasteiger partial charge in [-0.2, -0.15) is 10.4 Å². The minimum atomic E-state index is -2.67. The molecule has 3 rings (SSSR count). The Labute approximate surface area is 207 Å². The number of carbonyl (C=O) groups is 2. The number of aliphatic hydroxyl groups excluding tert-OH is 1. The van der Waals surface area contributed by atoms with E-state index in [-0.39, 0.29) is 18.3 Å². The van der Waals surface area contributed by atoms with Crippen LogP contribution in [0.5, 0.6) is 0 Å². The molecule has 15 heteroatoms. The number of aromatic nitrogens is 3. The van der Waals surface area contributed by atoms with E-state index in [0.717, 1.165) is 0 Å². The molecule has 4 N–H and O–H groups in total. The molecule has 6 atom stereocenters. The topological polar surface area (TPSA) is 200 Å². The number of hydrogen-bond donors (Lipinski definition) is 3. The predicted octanol–water partition coefficient (Wildman–Crippen LogP) is 0.932. The monoisotopic (exact) mass is 523 g/mol. The molecule has 2 aromatic rings. The van der Waals surface area contributed by atoms with Crippen molar-refractivity contribution in [3.05, 3.63) is 24.2 Å². The largest absolute Gasteiger partial charge is 0.613 e. The van der Waals surface area contributed by atoms with Crippen molar-refractivity contribution in [1.29, 1.82) is 5.26 Å². The zero-order chi connectivity index (χ0) is 26.6. The van der Waals surface area contributed by atoms with Crippen LogP contribution in [0.3, 0.4) is 0 Å². The summed E-state index contributed by atoms with van der Waals surface area (Å²) in [6.45, 7) is 5.68. The average molecular weight is 523 g/mol. The van der Waals surface area contributed by atoms with Crippen molar-refractivity contribution in [2.24, 2.45) is 0 Å². The summed E-state index contributed by atoms with van der Waals surface area (Å²) in [6, 6.07) is 4.09. The van der Waals surface area contributed by atoms with Gasteiger partial charge in [-0.15, -0.1) is 4.52 Å². The van der Waals surface area contributed by atoms with Gasteiger partial charge < -0.3 is 25.1 Å². The van der Waals surface area contributed by atoms with Gasteiger partial charge in [0.15, 0.2) is 11.9 Å². The first-order valence-electron chi connectivity index (χ1n) is 11.1. The maximum atomic E-state index is 12.4. The van der Waals surface area contributed by atoms with E-state index in [1.165, 1.54) is 17.8 Å². The van der Waals surface area contributed by atoms with E-state index in [1.54, 1.807) is 32.9 Å². The Bertz CT molecular complexity index is 1180. The molecule has 0 spiro atoms. The van der Waals surface area contributed by atoms with E-state index in [0.29, 0.717) is 11.2 Å². The molecule has 1 aliphatic heterocycles. The molecule has 14 nitrogen and oxygen atoms in total. The molecule has 0 saturated carbocycles. The van der Waals surface area contributed by atoms with Crippen LogP contribution in [0.25, 0.3) is 5.52 Å². The van der Waals surface area contributed by atoms with Crippen LogP contribution in [0.1, 0.15) is 45.9 Å². The van der Waals surface area contributed by atoms with Crippen molar-refractivity contribution in [3.8, 4) is 6.07 Å². The van der Waals surface area contributed by atoms with E-state index in [9.17, 15) is 24.5 Å². The van der Waals surface area contributed by atoms with E-state index in [1.807, 2.05) is 6.07 Å². The van der Waals surface area contributed by atoms with Gasteiger partial charge in [0.1, 0.15) is 42.8 Å². The summed E-state index contributed by atoms with van der Waals surface area (Å²) >= 11 is 0. The number of nitriles is 1. The quantitative estimate of drug-likeness (QED) is 0.294. The third-order valence-corrected chi connectivity index (χ3v) is 6.34. The van der Waals surface area contributed by atoms with Crippen molar-refractivity contribution in [2.45, 2.75) is 70.2 Å². The van der Waals surface area contributed by atoms with Crippen molar-refractivity contribution in [2.75, 3.05) is 12.3 Å². The van der Waals surface area contributed by atoms with Crippen molar-refractivity contribution >= 4 is 31.5 Å². The summed E-state index contributed by atoms with van der Waals surface area (Å²) in [5.41, 5.74) is 4.59. The number of fused-ring (bicyclic) bond motifs is 1. The fraction of sp³-hybridized carbons (Fsp3) is 0.571. The van der Waals surface area contributed by atoms with Crippen LogP contribution < -0.4 is 10.8 Å². The van der Waals surface area contributed by atoms with Gasteiger partial charge in [0.05, 0.1) is 11.8 Å². The summed E-state index contributed by atoms with van der Waals surface area (Å²) < 4.78 is 35.5. The number of nitrogens with two attached hydrogens (primary N) is 1. The molecule has 0 aromatic carbocycles. The number of carbonyl (C=O) groups excluding carboxylic acids is 2. The predicted molar refractivity (Wildman–Crippen MR) is 123 cm³/mol.